The molecule has 0 radical (unpaired) electrons. The highest BCUT2D eigenvalue weighted by Gasteiger charge is 2.33. The molecule has 74 valence electrons. The first-order valence-electron chi connectivity index (χ1n) is 5.34. The van der Waals surface area contributed by atoms with E-state index in [1.54, 1.807) is 0 Å². The third kappa shape index (κ3) is 3.00. The van der Waals surface area contributed by atoms with Gasteiger partial charge in [-0.2, -0.15) is 5.26 Å². The van der Waals surface area contributed by atoms with Gasteiger partial charge in [-0.05, 0) is 25.2 Å². The van der Waals surface area contributed by atoms with Crippen LogP contribution in [0, 0.1) is 17.2 Å². The quantitative estimate of drug-likeness (QED) is 0.649. The first kappa shape index (κ1) is 10.5. The Kier molecular flexibility index (Phi) is 3.74. The molecule has 0 aliphatic heterocycles. The molecule has 2 heteroatoms. The summed E-state index contributed by atoms with van der Waals surface area (Å²) in [6.45, 7) is 7.62. The lowest BCUT2D eigenvalue weighted by Crippen LogP contribution is -2.38. The van der Waals surface area contributed by atoms with E-state index < -0.39 is 0 Å². The molecule has 0 heterocycles. The van der Waals surface area contributed by atoms with Crippen molar-refractivity contribution in [3.05, 3.63) is 0 Å². The Bertz CT molecular complexity index is 189. The van der Waals surface area contributed by atoms with Gasteiger partial charge in [0.15, 0.2) is 0 Å². The summed E-state index contributed by atoms with van der Waals surface area (Å²) >= 11 is 0. The number of hydrogen-bond acceptors (Lipinski definition) is 2. The molecule has 0 bridgehead atoms. The Morgan fingerprint density at radius 2 is 2.08 bits per heavy atom. The maximum absolute atomic E-state index is 8.99. The first-order chi connectivity index (χ1) is 6.19. The molecule has 1 aliphatic carbocycles. The Hall–Kier alpha value is -0.550. The molecule has 1 saturated carbocycles. The van der Waals surface area contributed by atoms with Crippen LogP contribution in [0.15, 0.2) is 0 Å². The Morgan fingerprint density at radius 3 is 2.38 bits per heavy atom. The van der Waals surface area contributed by atoms with Gasteiger partial charge in [0.2, 0.25) is 0 Å². The average Bonchev–Trinajstić information content (AvgIpc) is 2.86. The SMILES string of the molecule is CCC(C#N)N(CC(C)C)C1CC1. The van der Waals surface area contributed by atoms with Crippen molar-refractivity contribution >= 4 is 0 Å². The minimum absolute atomic E-state index is 0.148. The predicted octanol–water partition coefficient (Wildman–Crippen LogP) is 2.41. The standard InChI is InChI=1S/C11H20N2/c1-4-10(7-12)13(8-9(2)3)11-5-6-11/h9-11H,4-6,8H2,1-3H3. The first-order valence-corrected chi connectivity index (χ1v) is 5.34. The molecular weight excluding hydrogens is 160 g/mol. The molecule has 1 fully saturated rings. The van der Waals surface area contributed by atoms with Gasteiger partial charge in [0, 0.05) is 12.6 Å². The van der Waals surface area contributed by atoms with E-state index >= 15 is 0 Å². The zero-order valence-corrected chi connectivity index (χ0v) is 8.95. The smallest absolute Gasteiger partial charge is 0.0977 e. The van der Waals surface area contributed by atoms with E-state index in [0.717, 1.165) is 13.0 Å². The summed E-state index contributed by atoms with van der Waals surface area (Å²) < 4.78 is 0. The van der Waals surface area contributed by atoms with Crippen LogP contribution in [0.2, 0.25) is 0 Å². The monoisotopic (exact) mass is 180 g/mol. The zero-order valence-electron chi connectivity index (χ0n) is 8.95. The molecule has 0 aromatic carbocycles. The van der Waals surface area contributed by atoms with Crippen molar-refractivity contribution in [1.82, 2.24) is 4.90 Å². The summed E-state index contributed by atoms with van der Waals surface area (Å²) in [6.07, 6.45) is 3.55. The van der Waals surface area contributed by atoms with Crippen LogP contribution in [0.4, 0.5) is 0 Å². The zero-order chi connectivity index (χ0) is 9.84. The van der Waals surface area contributed by atoms with Crippen LogP contribution in [0.5, 0.6) is 0 Å². The van der Waals surface area contributed by atoms with Gasteiger partial charge in [-0.25, -0.2) is 0 Å². The third-order valence-corrected chi connectivity index (χ3v) is 2.53. The average molecular weight is 180 g/mol. The Balaban J connectivity index is 2.50. The molecule has 1 atom stereocenters. The van der Waals surface area contributed by atoms with Crippen LogP contribution < -0.4 is 0 Å². The Labute approximate surface area is 81.5 Å². The van der Waals surface area contributed by atoms with Crippen LogP contribution >= 0.6 is 0 Å². The lowest BCUT2D eigenvalue weighted by atomic mass is 10.1. The van der Waals surface area contributed by atoms with E-state index in [-0.39, 0.29) is 6.04 Å². The molecule has 0 amide bonds. The van der Waals surface area contributed by atoms with Crippen molar-refractivity contribution in [2.75, 3.05) is 6.54 Å². The molecule has 0 aromatic heterocycles. The highest BCUT2D eigenvalue weighted by atomic mass is 15.2. The minimum Gasteiger partial charge on any atom is -0.285 e. The number of hydrogen-bond donors (Lipinski definition) is 0. The lowest BCUT2D eigenvalue weighted by molar-refractivity contribution is 0.195. The van der Waals surface area contributed by atoms with Crippen LogP contribution in [0.1, 0.15) is 40.0 Å². The normalized spacial score (nSPS) is 19.1. The molecule has 0 N–H and O–H groups in total. The summed E-state index contributed by atoms with van der Waals surface area (Å²) in [7, 11) is 0. The topological polar surface area (TPSA) is 27.0 Å². The maximum atomic E-state index is 8.99. The second kappa shape index (κ2) is 4.62. The largest absolute Gasteiger partial charge is 0.285 e. The number of nitriles is 1. The van der Waals surface area contributed by atoms with E-state index in [4.69, 9.17) is 5.26 Å². The number of rotatable bonds is 5. The highest BCUT2D eigenvalue weighted by molar-refractivity contribution is 4.97. The van der Waals surface area contributed by atoms with E-state index in [1.807, 2.05) is 0 Å². The van der Waals surface area contributed by atoms with E-state index in [9.17, 15) is 0 Å². The van der Waals surface area contributed by atoms with Gasteiger partial charge in [-0.1, -0.05) is 20.8 Å². The van der Waals surface area contributed by atoms with E-state index in [0.29, 0.717) is 12.0 Å². The van der Waals surface area contributed by atoms with E-state index in [1.165, 1.54) is 12.8 Å². The molecule has 0 saturated heterocycles. The second-order valence-corrected chi connectivity index (χ2v) is 4.37. The molecule has 2 nitrogen and oxygen atoms in total. The fourth-order valence-corrected chi connectivity index (χ4v) is 1.76. The van der Waals surface area contributed by atoms with Gasteiger partial charge in [-0.3, -0.25) is 4.90 Å². The maximum Gasteiger partial charge on any atom is 0.0977 e. The van der Waals surface area contributed by atoms with Gasteiger partial charge in [0.25, 0.3) is 0 Å². The van der Waals surface area contributed by atoms with E-state index in [2.05, 4.69) is 31.7 Å². The van der Waals surface area contributed by atoms with Crippen LogP contribution in [-0.2, 0) is 0 Å². The Morgan fingerprint density at radius 1 is 1.46 bits per heavy atom. The van der Waals surface area contributed by atoms with Crippen LogP contribution in [0.3, 0.4) is 0 Å². The fraction of sp³-hybridized carbons (Fsp3) is 0.909. The minimum atomic E-state index is 0.148. The fourth-order valence-electron chi connectivity index (χ4n) is 1.76. The van der Waals surface area contributed by atoms with Crippen molar-refractivity contribution in [2.24, 2.45) is 5.92 Å². The van der Waals surface area contributed by atoms with Crippen molar-refractivity contribution in [3.8, 4) is 6.07 Å². The van der Waals surface area contributed by atoms with Gasteiger partial charge < -0.3 is 0 Å². The summed E-state index contributed by atoms with van der Waals surface area (Å²) in [4.78, 5) is 2.39. The van der Waals surface area contributed by atoms with Crippen molar-refractivity contribution in [2.45, 2.75) is 52.1 Å². The molecule has 0 spiro atoms. The van der Waals surface area contributed by atoms with Crippen molar-refractivity contribution in [1.29, 1.82) is 5.26 Å². The molecule has 13 heavy (non-hydrogen) atoms. The van der Waals surface area contributed by atoms with Gasteiger partial charge in [-0.15, -0.1) is 0 Å². The summed E-state index contributed by atoms with van der Waals surface area (Å²) in [5, 5.41) is 8.99. The molecule has 1 unspecified atom stereocenters. The number of nitrogens with zero attached hydrogens (tertiary/aromatic N) is 2. The predicted molar refractivity (Wildman–Crippen MR) is 54.3 cm³/mol. The van der Waals surface area contributed by atoms with Gasteiger partial charge in [0.05, 0.1) is 12.1 Å². The van der Waals surface area contributed by atoms with Crippen molar-refractivity contribution < 1.29 is 0 Å². The molecule has 1 aliphatic rings. The van der Waals surface area contributed by atoms with Crippen LogP contribution in [-0.4, -0.2) is 23.5 Å². The summed E-state index contributed by atoms with van der Waals surface area (Å²) in [5.74, 6) is 0.669. The summed E-state index contributed by atoms with van der Waals surface area (Å²) in [5.41, 5.74) is 0. The van der Waals surface area contributed by atoms with Gasteiger partial charge >= 0.3 is 0 Å². The summed E-state index contributed by atoms with van der Waals surface area (Å²) in [6, 6.07) is 3.27. The van der Waals surface area contributed by atoms with Gasteiger partial charge in [0.1, 0.15) is 0 Å². The molecule has 0 aromatic rings. The highest BCUT2D eigenvalue weighted by Crippen LogP contribution is 2.29. The molecular formula is C11H20N2. The lowest BCUT2D eigenvalue weighted by Gasteiger charge is -2.27. The second-order valence-electron chi connectivity index (χ2n) is 4.37. The van der Waals surface area contributed by atoms with Crippen molar-refractivity contribution in [3.63, 3.8) is 0 Å². The third-order valence-electron chi connectivity index (χ3n) is 2.53. The molecule has 1 rings (SSSR count). The van der Waals surface area contributed by atoms with Crippen LogP contribution in [0.25, 0.3) is 0 Å².